The number of aromatic nitrogens is 3. The SMILES string of the molecule is Fc1cnc(N2CCOC3(COCCN(c4cccnc4)C3)C2)nc1. The number of halogens is 1. The second-order valence-corrected chi connectivity index (χ2v) is 6.34. The van der Waals surface area contributed by atoms with E-state index in [1.54, 1.807) is 6.20 Å². The van der Waals surface area contributed by atoms with Crippen molar-refractivity contribution in [1.29, 1.82) is 0 Å². The molecule has 7 nitrogen and oxygen atoms in total. The van der Waals surface area contributed by atoms with Gasteiger partial charge in [0.1, 0.15) is 5.60 Å². The fourth-order valence-electron chi connectivity index (χ4n) is 3.33. The third-order valence-electron chi connectivity index (χ3n) is 4.50. The van der Waals surface area contributed by atoms with Gasteiger partial charge in [-0.25, -0.2) is 14.4 Å². The third kappa shape index (κ3) is 3.54. The Morgan fingerprint density at radius 2 is 1.84 bits per heavy atom. The van der Waals surface area contributed by atoms with E-state index in [4.69, 9.17) is 9.47 Å². The maximum absolute atomic E-state index is 13.1. The molecule has 1 unspecified atom stereocenters. The Kier molecular flexibility index (Phi) is 4.46. The number of hydrogen-bond acceptors (Lipinski definition) is 7. The maximum Gasteiger partial charge on any atom is 0.225 e. The smallest absolute Gasteiger partial charge is 0.225 e. The summed E-state index contributed by atoms with van der Waals surface area (Å²) < 4.78 is 25.1. The van der Waals surface area contributed by atoms with Crippen molar-refractivity contribution >= 4 is 11.6 Å². The van der Waals surface area contributed by atoms with Crippen LogP contribution in [0.1, 0.15) is 0 Å². The molecule has 25 heavy (non-hydrogen) atoms. The van der Waals surface area contributed by atoms with Crippen molar-refractivity contribution in [2.45, 2.75) is 5.60 Å². The summed E-state index contributed by atoms with van der Waals surface area (Å²) in [5, 5.41) is 0. The molecular weight excluding hydrogens is 325 g/mol. The Morgan fingerprint density at radius 1 is 1.04 bits per heavy atom. The molecule has 2 fully saturated rings. The molecule has 2 aromatic rings. The molecule has 4 rings (SSSR count). The van der Waals surface area contributed by atoms with Crippen molar-refractivity contribution in [1.82, 2.24) is 15.0 Å². The minimum Gasteiger partial charge on any atom is -0.376 e. The number of ether oxygens (including phenoxy) is 2. The van der Waals surface area contributed by atoms with Gasteiger partial charge < -0.3 is 19.3 Å². The second-order valence-electron chi connectivity index (χ2n) is 6.34. The molecule has 8 heteroatoms. The second kappa shape index (κ2) is 6.89. The van der Waals surface area contributed by atoms with Gasteiger partial charge in [-0.05, 0) is 12.1 Å². The summed E-state index contributed by atoms with van der Waals surface area (Å²) in [6, 6.07) is 3.96. The largest absolute Gasteiger partial charge is 0.376 e. The van der Waals surface area contributed by atoms with Crippen LogP contribution in [0, 0.1) is 5.82 Å². The lowest BCUT2D eigenvalue weighted by atomic mass is 10.0. The van der Waals surface area contributed by atoms with E-state index >= 15 is 0 Å². The van der Waals surface area contributed by atoms with Gasteiger partial charge in [0, 0.05) is 19.3 Å². The number of rotatable bonds is 2. The van der Waals surface area contributed by atoms with Gasteiger partial charge in [-0.15, -0.1) is 0 Å². The highest BCUT2D eigenvalue weighted by Crippen LogP contribution is 2.27. The van der Waals surface area contributed by atoms with Crippen LogP contribution in [0.5, 0.6) is 0 Å². The van der Waals surface area contributed by atoms with Gasteiger partial charge >= 0.3 is 0 Å². The van der Waals surface area contributed by atoms with Crippen LogP contribution in [0.3, 0.4) is 0 Å². The number of nitrogens with zero attached hydrogens (tertiary/aromatic N) is 5. The third-order valence-corrected chi connectivity index (χ3v) is 4.50. The molecule has 0 aromatic carbocycles. The molecule has 0 N–H and O–H groups in total. The molecule has 0 radical (unpaired) electrons. The van der Waals surface area contributed by atoms with E-state index in [1.807, 2.05) is 23.2 Å². The van der Waals surface area contributed by atoms with E-state index in [2.05, 4.69) is 19.9 Å². The Balaban J connectivity index is 1.55. The van der Waals surface area contributed by atoms with E-state index in [0.29, 0.717) is 45.4 Å². The Hall–Kier alpha value is -2.32. The van der Waals surface area contributed by atoms with E-state index in [-0.39, 0.29) is 0 Å². The van der Waals surface area contributed by atoms with Crippen molar-refractivity contribution in [3.63, 3.8) is 0 Å². The first-order chi connectivity index (χ1) is 12.2. The first kappa shape index (κ1) is 16.2. The summed E-state index contributed by atoms with van der Waals surface area (Å²) in [5.41, 5.74) is 0.564. The van der Waals surface area contributed by atoms with Gasteiger partial charge in [0.25, 0.3) is 0 Å². The zero-order valence-electron chi connectivity index (χ0n) is 13.8. The summed E-state index contributed by atoms with van der Waals surface area (Å²) in [7, 11) is 0. The average Bonchev–Trinajstić information content (AvgIpc) is 2.86. The van der Waals surface area contributed by atoms with Crippen molar-refractivity contribution in [2.24, 2.45) is 0 Å². The standard InChI is InChI=1S/C17H20FN5O2/c18-14-8-20-16(21-9-14)23-5-7-25-17(12-23)11-22(4-6-24-13-17)15-2-1-3-19-10-15/h1-3,8-10H,4-7,11-13H2. The first-order valence-corrected chi connectivity index (χ1v) is 8.33. The highest BCUT2D eigenvalue weighted by molar-refractivity contribution is 5.45. The Labute approximate surface area is 145 Å². The maximum atomic E-state index is 13.1. The molecule has 1 atom stereocenters. The van der Waals surface area contributed by atoms with E-state index in [0.717, 1.165) is 12.2 Å². The quantitative estimate of drug-likeness (QED) is 0.808. The van der Waals surface area contributed by atoms with Crippen LogP contribution in [0.15, 0.2) is 36.9 Å². The van der Waals surface area contributed by atoms with E-state index < -0.39 is 11.4 Å². The molecule has 2 aliphatic heterocycles. The number of pyridine rings is 1. The molecule has 2 aliphatic rings. The molecule has 4 heterocycles. The lowest BCUT2D eigenvalue weighted by molar-refractivity contribution is -0.0899. The molecule has 132 valence electrons. The van der Waals surface area contributed by atoms with Gasteiger partial charge in [0.2, 0.25) is 5.95 Å². The van der Waals surface area contributed by atoms with Gasteiger partial charge in [-0.3, -0.25) is 4.98 Å². The monoisotopic (exact) mass is 345 g/mol. The van der Waals surface area contributed by atoms with E-state index in [9.17, 15) is 4.39 Å². The average molecular weight is 345 g/mol. The fraction of sp³-hybridized carbons (Fsp3) is 0.471. The Morgan fingerprint density at radius 3 is 2.64 bits per heavy atom. The molecule has 0 aliphatic carbocycles. The molecule has 0 bridgehead atoms. The topological polar surface area (TPSA) is 63.6 Å². The van der Waals surface area contributed by atoms with Gasteiger partial charge in [-0.1, -0.05) is 0 Å². The Bertz CT molecular complexity index is 702. The number of hydrogen-bond donors (Lipinski definition) is 0. The van der Waals surface area contributed by atoms with Gasteiger partial charge in [0.15, 0.2) is 5.82 Å². The molecular formula is C17H20FN5O2. The fourth-order valence-corrected chi connectivity index (χ4v) is 3.33. The lowest BCUT2D eigenvalue weighted by Gasteiger charge is -2.43. The molecule has 0 saturated carbocycles. The van der Waals surface area contributed by atoms with Crippen LogP contribution >= 0.6 is 0 Å². The summed E-state index contributed by atoms with van der Waals surface area (Å²) >= 11 is 0. The minimum absolute atomic E-state index is 0.438. The summed E-state index contributed by atoms with van der Waals surface area (Å²) in [6.45, 7) is 4.41. The number of anilines is 2. The zero-order chi connectivity index (χ0) is 17.1. The van der Waals surface area contributed by atoms with Crippen LogP contribution in [0.4, 0.5) is 16.0 Å². The summed E-state index contributed by atoms with van der Waals surface area (Å²) in [6.07, 6.45) is 5.99. The van der Waals surface area contributed by atoms with Crippen molar-refractivity contribution in [3.8, 4) is 0 Å². The minimum atomic E-state index is -0.484. The van der Waals surface area contributed by atoms with Crippen molar-refractivity contribution < 1.29 is 13.9 Å². The predicted molar refractivity (Wildman–Crippen MR) is 90.2 cm³/mol. The zero-order valence-corrected chi connectivity index (χ0v) is 13.8. The van der Waals surface area contributed by atoms with Crippen molar-refractivity contribution in [2.75, 3.05) is 55.8 Å². The van der Waals surface area contributed by atoms with Gasteiger partial charge in [-0.2, -0.15) is 0 Å². The van der Waals surface area contributed by atoms with Gasteiger partial charge in [0.05, 0.1) is 57.2 Å². The normalized spacial score (nSPS) is 24.4. The summed E-state index contributed by atoms with van der Waals surface area (Å²) in [5.74, 6) is 0.0773. The highest BCUT2D eigenvalue weighted by Gasteiger charge is 2.41. The predicted octanol–water partition coefficient (Wildman–Crippen LogP) is 1.12. The van der Waals surface area contributed by atoms with Crippen LogP contribution in [-0.4, -0.2) is 66.6 Å². The van der Waals surface area contributed by atoms with Crippen LogP contribution in [0.25, 0.3) is 0 Å². The van der Waals surface area contributed by atoms with Crippen LogP contribution < -0.4 is 9.80 Å². The molecule has 2 aromatic heterocycles. The lowest BCUT2D eigenvalue weighted by Crippen LogP contribution is -2.59. The highest BCUT2D eigenvalue weighted by atomic mass is 19.1. The van der Waals surface area contributed by atoms with Crippen LogP contribution in [-0.2, 0) is 9.47 Å². The van der Waals surface area contributed by atoms with Crippen molar-refractivity contribution in [3.05, 3.63) is 42.7 Å². The number of morpholine rings is 1. The molecule has 2 saturated heterocycles. The molecule has 0 amide bonds. The molecule has 1 spiro atoms. The summed E-state index contributed by atoms with van der Waals surface area (Å²) in [4.78, 5) is 16.7. The van der Waals surface area contributed by atoms with Crippen LogP contribution in [0.2, 0.25) is 0 Å². The van der Waals surface area contributed by atoms with E-state index in [1.165, 1.54) is 12.4 Å². The first-order valence-electron chi connectivity index (χ1n) is 8.33.